The summed E-state index contributed by atoms with van der Waals surface area (Å²) < 4.78 is 26.2. The van der Waals surface area contributed by atoms with E-state index in [0.717, 1.165) is 0 Å². The van der Waals surface area contributed by atoms with Gasteiger partial charge in [-0.15, -0.1) is 4.40 Å². The third kappa shape index (κ3) is 3.05. The number of hydrogen-bond donors (Lipinski definition) is 2. The number of rotatable bonds is 3. The van der Waals surface area contributed by atoms with Gasteiger partial charge >= 0.3 is 5.97 Å². The number of carbonyl (C=O) groups is 2. The molecule has 0 fully saturated rings. The second-order valence-corrected chi connectivity index (χ2v) is 6.13. The second kappa shape index (κ2) is 5.08. The lowest BCUT2D eigenvalue weighted by atomic mass is 10.1. The Balaban J connectivity index is 2.15. The van der Waals surface area contributed by atoms with Gasteiger partial charge < -0.3 is 15.3 Å². The largest absolute Gasteiger partial charge is 0.480 e. The first kappa shape index (κ1) is 14.3. The van der Waals surface area contributed by atoms with E-state index in [1.165, 1.54) is 25.3 Å². The molecule has 108 valence electrons. The van der Waals surface area contributed by atoms with Crippen molar-refractivity contribution in [2.45, 2.75) is 13.0 Å². The van der Waals surface area contributed by atoms with Crippen molar-refractivity contribution in [3.8, 4) is 0 Å². The van der Waals surface area contributed by atoms with Crippen LogP contribution >= 0.6 is 0 Å². The molecule has 2 aliphatic rings. The number of nitrogens with one attached hydrogen (secondary N) is 1. The summed E-state index contributed by atoms with van der Waals surface area (Å²) in [4.78, 5) is 24.0. The van der Waals surface area contributed by atoms with Gasteiger partial charge in [-0.1, -0.05) is 0 Å². The maximum Gasteiger partial charge on any atom is 0.325 e. The van der Waals surface area contributed by atoms with Gasteiger partial charge in [0.05, 0.1) is 11.3 Å². The summed E-state index contributed by atoms with van der Waals surface area (Å²) in [5.41, 5.74) is 0.247. The molecule has 9 heteroatoms. The molecular weight excluding hydrogens is 286 g/mol. The maximum atomic E-state index is 11.8. The standard InChI is InChI=1S/C11H13N3O5S/c1-7(11(16)17)12-10(15)8-2-3-9-13-20(18,19)5-4-14(9)6-8/h2-3,6-7H,4-5H2,1H3,(H,12,15)(H,16,17)/t7-/m0/s1. The normalized spacial score (nSPS) is 21.4. The van der Waals surface area contributed by atoms with Crippen molar-refractivity contribution in [3.63, 3.8) is 0 Å². The van der Waals surface area contributed by atoms with Crippen molar-refractivity contribution in [2.24, 2.45) is 4.40 Å². The molecule has 2 heterocycles. The van der Waals surface area contributed by atoms with E-state index in [1.807, 2.05) is 0 Å². The molecule has 0 radical (unpaired) electrons. The Morgan fingerprint density at radius 2 is 2.15 bits per heavy atom. The summed E-state index contributed by atoms with van der Waals surface area (Å²) in [5, 5.41) is 11.0. The van der Waals surface area contributed by atoms with Gasteiger partial charge in [-0.3, -0.25) is 9.59 Å². The number of amidine groups is 1. The first-order chi connectivity index (χ1) is 9.28. The topological polar surface area (TPSA) is 116 Å². The van der Waals surface area contributed by atoms with E-state index >= 15 is 0 Å². The second-order valence-electron chi connectivity index (χ2n) is 4.38. The van der Waals surface area contributed by atoms with Crippen LogP contribution in [0.5, 0.6) is 0 Å². The number of hydrogen-bond acceptors (Lipinski definition) is 5. The summed E-state index contributed by atoms with van der Waals surface area (Å²) in [6, 6.07) is -1.01. The van der Waals surface area contributed by atoms with Gasteiger partial charge in [-0.2, -0.15) is 0 Å². The summed E-state index contributed by atoms with van der Waals surface area (Å²) in [6.45, 7) is 1.56. The Bertz CT molecular complexity index is 647. The SMILES string of the molecule is C[C@H](NC(=O)C1=CN2CCS(=O)(=O)N=C2C=C1)C(=O)O. The molecule has 0 unspecified atom stereocenters. The number of carboxylic acids is 1. The van der Waals surface area contributed by atoms with Crippen LogP contribution in [0.4, 0.5) is 0 Å². The molecule has 1 atom stereocenters. The fourth-order valence-corrected chi connectivity index (χ4v) is 2.65. The van der Waals surface area contributed by atoms with E-state index < -0.39 is 27.9 Å². The van der Waals surface area contributed by atoms with Gasteiger partial charge in [-0.25, -0.2) is 8.42 Å². The number of carbonyl (C=O) groups excluding carboxylic acids is 1. The average Bonchev–Trinajstić information content (AvgIpc) is 2.36. The highest BCUT2D eigenvalue weighted by atomic mass is 32.2. The van der Waals surface area contributed by atoms with Crippen molar-refractivity contribution in [2.75, 3.05) is 12.3 Å². The lowest BCUT2D eigenvalue weighted by Crippen LogP contribution is -2.41. The van der Waals surface area contributed by atoms with Crippen LogP contribution in [-0.2, 0) is 19.6 Å². The smallest absolute Gasteiger partial charge is 0.325 e. The summed E-state index contributed by atoms with van der Waals surface area (Å²) >= 11 is 0. The van der Waals surface area contributed by atoms with Crippen LogP contribution in [0.2, 0.25) is 0 Å². The highest BCUT2D eigenvalue weighted by molar-refractivity contribution is 7.90. The number of sulfonamides is 1. The van der Waals surface area contributed by atoms with Crippen LogP contribution in [0.15, 0.2) is 28.3 Å². The van der Waals surface area contributed by atoms with Gasteiger partial charge in [0.1, 0.15) is 11.9 Å². The van der Waals surface area contributed by atoms with Crippen molar-refractivity contribution in [3.05, 3.63) is 23.9 Å². The van der Waals surface area contributed by atoms with E-state index in [9.17, 15) is 18.0 Å². The molecule has 1 amide bonds. The molecule has 2 rings (SSSR count). The molecule has 0 aromatic rings. The third-order valence-electron chi connectivity index (χ3n) is 2.80. The quantitative estimate of drug-likeness (QED) is 0.695. The zero-order valence-electron chi connectivity index (χ0n) is 10.6. The average molecular weight is 299 g/mol. The molecule has 2 aliphatic heterocycles. The Kier molecular flexibility index (Phi) is 3.62. The summed E-state index contributed by atoms with van der Waals surface area (Å²) in [6.07, 6.45) is 4.27. The van der Waals surface area contributed by atoms with Crippen molar-refractivity contribution in [1.29, 1.82) is 0 Å². The van der Waals surface area contributed by atoms with Gasteiger partial charge in [0.2, 0.25) is 0 Å². The van der Waals surface area contributed by atoms with Crippen molar-refractivity contribution < 1.29 is 23.1 Å². The van der Waals surface area contributed by atoms with Gasteiger partial charge in [0.15, 0.2) is 0 Å². The van der Waals surface area contributed by atoms with E-state index in [2.05, 4.69) is 9.71 Å². The van der Waals surface area contributed by atoms with Crippen LogP contribution < -0.4 is 5.32 Å². The predicted octanol–water partition coefficient (Wildman–Crippen LogP) is -0.927. The number of fused-ring (bicyclic) bond motifs is 1. The Morgan fingerprint density at radius 1 is 1.45 bits per heavy atom. The molecular formula is C11H13N3O5S. The van der Waals surface area contributed by atoms with E-state index in [0.29, 0.717) is 0 Å². The minimum absolute atomic E-state index is 0.124. The van der Waals surface area contributed by atoms with Crippen LogP contribution in [0, 0.1) is 0 Å². The van der Waals surface area contributed by atoms with Crippen LogP contribution in [0.3, 0.4) is 0 Å². The minimum Gasteiger partial charge on any atom is -0.480 e. The van der Waals surface area contributed by atoms with E-state index in [-0.39, 0.29) is 23.7 Å². The van der Waals surface area contributed by atoms with Gasteiger partial charge in [-0.05, 0) is 19.1 Å². The Hall–Kier alpha value is -2.16. The predicted molar refractivity (Wildman–Crippen MR) is 70.4 cm³/mol. The molecule has 20 heavy (non-hydrogen) atoms. The van der Waals surface area contributed by atoms with Crippen LogP contribution in [0.25, 0.3) is 0 Å². The van der Waals surface area contributed by atoms with E-state index in [4.69, 9.17) is 5.11 Å². The first-order valence-electron chi connectivity index (χ1n) is 5.81. The lowest BCUT2D eigenvalue weighted by molar-refractivity contribution is -0.140. The Morgan fingerprint density at radius 3 is 2.80 bits per heavy atom. The maximum absolute atomic E-state index is 11.8. The fourth-order valence-electron chi connectivity index (χ4n) is 1.68. The zero-order valence-corrected chi connectivity index (χ0v) is 11.4. The van der Waals surface area contributed by atoms with E-state index in [1.54, 1.807) is 4.90 Å². The molecule has 0 aromatic heterocycles. The minimum atomic E-state index is -3.43. The van der Waals surface area contributed by atoms with Gasteiger partial charge in [0.25, 0.3) is 15.9 Å². The van der Waals surface area contributed by atoms with Crippen LogP contribution in [-0.4, -0.2) is 54.5 Å². The third-order valence-corrected chi connectivity index (χ3v) is 3.97. The highest BCUT2D eigenvalue weighted by Crippen LogP contribution is 2.15. The molecule has 0 saturated carbocycles. The van der Waals surface area contributed by atoms with Crippen molar-refractivity contribution >= 4 is 27.7 Å². The van der Waals surface area contributed by atoms with Crippen molar-refractivity contribution in [1.82, 2.24) is 10.2 Å². The molecule has 8 nitrogen and oxygen atoms in total. The monoisotopic (exact) mass is 299 g/mol. The molecule has 0 bridgehead atoms. The lowest BCUT2D eigenvalue weighted by Gasteiger charge is -2.27. The van der Waals surface area contributed by atoms with Gasteiger partial charge in [0, 0.05) is 12.7 Å². The molecule has 0 saturated heterocycles. The first-order valence-corrected chi connectivity index (χ1v) is 7.42. The number of amides is 1. The fraction of sp³-hybridized carbons (Fsp3) is 0.364. The zero-order chi connectivity index (χ0) is 14.9. The number of nitrogens with zero attached hydrogens (tertiary/aromatic N) is 2. The molecule has 0 aliphatic carbocycles. The van der Waals surface area contributed by atoms with Crippen LogP contribution in [0.1, 0.15) is 6.92 Å². The summed E-state index contributed by atoms with van der Waals surface area (Å²) in [5.74, 6) is -1.55. The number of carboxylic acid groups (broad SMARTS) is 1. The summed E-state index contributed by atoms with van der Waals surface area (Å²) in [7, 11) is -3.43. The molecule has 0 spiro atoms. The molecule has 0 aromatic carbocycles. The molecule has 2 N–H and O–H groups in total. The highest BCUT2D eigenvalue weighted by Gasteiger charge is 2.25. The Labute approximate surface area is 115 Å². The number of aliphatic carboxylic acids is 1.